The van der Waals surface area contributed by atoms with Gasteiger partial charge in [-0.3, -0.25) is 10.2 Å². The Morgan fingerprint density at radius 1 is 1.29 bits per heavy atom. The number of benzene rings is 1. The Morgan fingerprint density at radius 2 is 2.00 bits per heavy atom. The fraction of sp³-hybridized carbons (Fsp3) is 0.300. The predicted octanol–water partition coefficient (Wildman–Crippen LogP) is 0.869. The van der Waals surface area contributed by atoms with Gasteiger partial charge in [0.2, 0.25) is 5.91 Å². The van der Waals surface area contributed by atoms with Crippen LogP contribution in [0.1, 0.15) is 12.8 Å². The van der Waals surface area contributed by atoms with Gasteiger partial charge in [0.05, 0.1) is 0 Å². The molecule has 4 nitrogen and oxygen atoms in total. The molecule has 0 saturated heterocycles. The smallest absolute Gasteiger partial charge is 0.233 e. The number of nitrogens with two attached hydrogens (primary N) is 1. The van der Waals surface area contributed by atoms with Crippen LogP contribution in [0.15, 0.2) is 30.3 Å². The van der Waals surface area contributed by atoms with Crippen LogP contribution >= 0.6 is 0 Å². The van der Waals surface area contributed by atoms with E-state index < -0.39 is 0 Å². The molecule has 4 N–H and O–H groups in total. The average Bonchev–Trinajstić information content (AvgIpc) is 2.25. The van der Waals surface area contributed by atoms with Gasteiger partial charge >= 0.3 is 0 Å². The molecule has 1 aromatic carbocycles. The summed E-state index contributed by atoms with van der Waals surface area (Å²) < 4.78 is 0. The van der Waals surface area contributed by atoms with Gasteiger partial charge in [0.15, 0.2) is 0 Å². The van der Waals surface area contributed by atoms with E-state index in [0.29, 0.717) is 6.42 Å². The van der Waals surface area contributed by atoms with Gasteiger partial charge in [-0.15, -0.1) is 0 Å². The van der Waals surface area contributed by atoms with Crippen LogP contribution < -0.4 is 16.6 Å². The summed E-state index contributed by atoms with van der Waals surface area (Å²) in [5.74, 6) is 4.82. The summed E-state index contributed by atoms with van der Waals surface area (Å²) in [4.78, 5) is 10.8. The molecule has 0 aromatic heterocycles. The molecule has 4 heteroatoms. The van der Waals surface area contributed by atoms with Crippen LogP contribution in [-0.2, 0) is 4.79 Å². The Balaban J connectivity index is 2.13. The molecule has 76 valence electrons. The van der Waals surface area contributed by atoms with Crippen LogP contribution in [0.25, 0.3) is 0 Å². The van der Waals surface area contributed by atoms with Crippen molar-refractivity contribution in [3.63, 3.8) is 0 Å². The number of hydrazine groups is 1. The van der Waals surface area contributed by atoms with Gasteiger partial charge < -0.3 is 5.32 Å². The Morgan fingerprint density at radius 3 is 2.64 bits per heavy atom. The summed E-state index contributed by atoms with van der Waals surface area (Å²) in [6.07, 6.45) is 1.23. The second-order valence-corrected chi connectivity index (χ2v) is 2.96. The van der Waals surface area contributed by atoms with Crippen molar-refractivity contribution in [2.24, 2.45) is 5.84 Å². The zero-order chi connectivity index (χ0) is 10.2. The molecule has 0 spiro atoms. The average molecular weight is 193 g/mol. The number of amides is 1. The monoisotopic (exact) mass is 193 g/mol. The van der Waals surface area contributed by atoms with Crippen molar-refractivity contribution >= 4 is 11.6 Å². The lowest BCUT2D eigenvalue weighted by molar-refractivity contribution is -0.121. The molecule has 0 radical (unpaired) electrons. The minimum Gasteiger partial charge on any atom is -0.385 e. The standard InChI is InChI=1S/C10H15N3O/c11-13-10(14)7-4-8-12-9-5-2-1-3-6-9/h1-3,5-6,12H,4,7-8,11H2,(H,13,14). The zero-order valence-corrected chi connectivity index (χ0v) is 7.99. The van der Waals surface area contributed by atoms with E-state index in [4.69, 9.17) is 5.84 Å². The van der Waals surface area contributed by atoms with E-state index in [1.807, 2.05) is 30.3 Å². The molecule has 1 aromatic rings. The van der Waals surface area contributed by atoms with Gasteiger partial charge in [0.1, 0.15) is 0 Å². The number of anilines is 1. The Kier molecular flexibility index (Phi) is 4.50. The highest BCUT2D eigenvalue weighted by Crippen LogP contribution is 2.04. The molecule has 1 rings (SSSR count). The lowest BCUT2D eigenvalue weighted by atomic mass is 10.2. The van der Waals surface area contributed by atoms with E-state index >= 15 is 0 Å². The molecule has 14 heavy (non-hydrogen) atoms. The fourth-order valence-corrected chi connectivity index (χ4v) is 1.11. The van der Waals surface area contributed by atoms with Crippen molar-refractivity contribution in [3.05, 3.63) is 30.3 Å². The first-order valence-corrected chi connectivity index (χ1v) is 4.61. The molecule has 0 aliphatic rings. The normalized spacial score (nSPS) is 9.50. The Hall–Kier alpha value is -1.55. The Bertz CT molecular complexity index is 274. The summed E-state index contributed by atoms with van der Waals surface area (Å²) in [5.41, 5.74) is 3.17. The number of hydrogen-bond donors (Lipinski definition) is 3. The number of nitrogens with one attached hydrogen (secondary N) is 2. The van der Waals surface area contributed by atoms with Crippen LogP contribution in [-0.4, -0.2) is 12.5 Å². The van der Waals surface area contributed by atoms with E-state index in [1.54, 1.807) is 0 Å². The summed E-state index contributed by atoms with van der Waals surface area (Å²) in [5, 5.41) is 3.20. The minimum absolute atomic E-state index is 0.125. The quantitative estimate of drug-likeness (QED) is 0.281. The van der Waals surface area contributed by atoms with Gasteiger partial charge in [-0.1, -0.05) is 18.2 Å². The summed E-state index contributed by atoms with van der Waals surface area (Å²) in [6, 6.07) is 9.88. The maximum atomic E-state index is 10.8. The van der Waals surface area contributed by atoms with Crippen molar-refractivity contribution in [2.45, 2.75) is 12.8 Å². The van der Waals surface area contributed by atoms with Gasteiger partial charge in [-0.05, 0) is 18.6 Å². The second kappa shape index (κ2) is 5.99. The molecule has 0 saturated carbocycles. The third-order valence-corrected chi connectivity index (χ3v) is 1.84. The SMILES string of the molecule is NNC(=O)CCCNc1ccccc1. The van der Waals surface area contributed by atoms with Gasteiger partial charge in [-0.25, -0.2) is 5.84 Å². The van der Waals surface area contributed by atoms with Crippen molar-refractivity contribution in [3.8, 4) is 0 Å². The van der Waals surface area contributed by atoms with Gasteiger partial charge in [0.25, 0.3) is 0 Å². The lowest BCUT2D eigenvalue weighted by Gasteiger charge is -2.04. The molecular weight excluding hydrogens is 178 g/mol. The molecule has 1 amide bonds. The zero-order valence-electron chi connectivity index (χ0n) is 7.99. The molecule has 0 fully saturated rings. The van der Waals surface area contributed by atoms with E-state index in [9.17, 15) is 4.79 Å². The maximum absolute atomic E-state index is 10.8. The fourth-order valence-electron chi connectivity index (χ4n) is 1.11. The summed E-state index contributed by atoms with van der Waals surface area (Å²) in [6.45, 7) is 0.775. The van der Waals surface area contributed by atoms with Crippen LogP contribution in [0.5, 0.6) is 0 Å². The molecule has 0 atom stereocenters. The van der Waals surface area contributed by atoms with Crippen LogP contribution in [0.3, 0.4) is 0 Å². The molecule has 0 aliphatic carbocycles. The maximum Gasteiger partial charge on any atom is 0.233 e. The first-order valence-electron chi connectivity index (χ1n) is 4.61. The summed E-state index contributed by atoms with van der Waals surface area (Å²) in [7, 11) is 0. The first-order chi connectivity index (χ1) is 6.83. The van der Waals surface area contributed by atoms with Crippen LogP contribution in [0.2, 0.25) is 0 Å². The van der Waals surface area contributed by atoms with Gasteiger partial charge in [-0.2, -0.15) is 0 Å². The highest BCUT2D eigenvalue weighted by atomic mass is 16.2. The van der Waals surface area contributed by atoms with E-state index in [1.165, 1.54) is 0 Å². The van der Waals surface area contributed by atoms with Gasteiger partial charge in [0, 0.05) is 18.7 Å². The molecular formula is C10H15N3O. The number of para-hydroxylation sites is 1. The van der Waals surface area contributed by atoms with Crippen LogP contribution in [0.4, 0.5) is 5.69 Å². The summed E-state index contributed by atoms with van der Waals surface area (Å²) >= 11 is 0. The van der Waals surface area contributed by atoms with Crippen molar-refractivity contribution in [1.29, 1.82) is 0 Å². The highest BCUT2D eigenvalue weighted by Gasteiger charge is 1.96. The topological polar surface area (TPSA) is 67.1 Å². The van der Waals surface area contributed by atoms with E-state index in [-0.39, 0.29) is 5.91 Å². The first kappa shape index (κ1) is 10.5. The third-order valence-electron chi connectivity index (χ3n) is 1.84. The van der Waals surface area contributed by atoms with E-state index in [2.05, 4.69) is 10.7 Å². The number of carbonyl (C=O) groups is 1. The number of carbonyl (C=O) groups excluding carboxylic acids is 1. The molecule has 0 bridgehead atoms. The molecule has 0 aliphatic heterocycles. The van der Waals surface area contributed by atoms with Crippen LogP contribution in [0, 0.1) is 0 Å². The third kappa shape index (κ3) is 3.91. The van der Waals surface area contributed by atoms with E-state index in [0.717, 1.165) is 18.7 Å². The number of rotatable bonds is 5. The minimum atomic E-state index is -0.125. The Labute approximate surface area is 83.5 Å². The molecule has 0 unspecified atom stereocenters. The highest BCUT2D eigenvalue weighted by molar-refractivity contribution is 5.75. The number of hydrogen-bond acceptors (Lipinski definition) is 3. The van der Waals surface area contributed by atoms with Crippen molar-refractivity contribution in [1.82, 2.24) is 5.43 Å². The lowest BCUT2D eigenvalue weighted by Crippen LogP contribution is -2.30. The van der Waals surface area contributed by atoms with Crippen molar-refractivity contribution < 1.29 is 4.79 Å². The predicted molar refractivity (Wildman–Crippen MR) is 56.5 cm³/mol. The van der Waals surface area contributed by atoms with Crippen molar-refractivity contribution in [2.75, 3.05) is 11.9 Å². The second-order valence-electron chi connectivity index (χ2n) is 2.96. The largest absolute Gasteiger partial charge is 0.385 e. The molecule has 0 heterocycles.